The molecule has 2 N–H and O–H groups in total. The van der Waals surface area contributed by atoms with Crippen molar-refractivity contribution < 1.29 is 19.1 Å². The van der Waals surface area contributed by atoms with E-state index >= 15 is 0 Å². The summed E-state index contributed by atoms with van der Waals surface area (Å²) in [4.78, 5) is 32.8. The Morgan fingerprint density at radius 1 is 0.542 bits per heavy atom. The molecule has 0 radical (unpaired) electrons. The predicted octanol–water partition coefficient (Wildman–Crippen LogP) is 8.43. The molecule has 0 spiro atoms. The maximum atomic E-state index is 13.3. The molecule has 0 saturated heterocycles. The van der Waals surface area contributed by atoms with Crippen LogP contribution in [0.1, 0.15) is 48.4 Å². The van der Waals surface area contributed by atoms with E-state index in [0.717, 1.165) is 60.6 Å². The number of carbonyl (C=O) groups excluding carboxylic acids is 2. The van der Waals surface area contributed by atoms with Gasteiger partial charge in [-0.2, -0.15) is 0 Å². The molecule has 0 saturated carbocycles. The van der Waals surface area contributed by atoms with Gasteiger partial charge < -0.3 is 29.9 Å². The van der Waals surface area contributed by atoms with Gasteiger partial charge in [0.1, 0.15) is 24.7 Å². The van der Waals surface area contributed by atoms with Crippen LogP contribution in [0.3, 0.4) is 0 Å². The van der Waals surface area contributed by atoms with Crippen molar-refractivity contribution in [3.8, 4) is 11.5 Å². The molecular weight excluding hydrogens is 641 g/mol. The van der Waals surface area contributed by atoms with Crippen LogP contribution in [0.5, 0.6) is 11.5 Å². The van der Waals surface area contributed by atoms with Gasteiger partial charge in [-0.1, -0.05) is 73.5 Å². The Hall–Kier alpha value is -3.96. The fourth-order valence-corrected chi connectivity index (χ4v) is 7.23. The average Bonchev–Trinajstić information content (AvgIpc) is 3.12. The minimum absolute atomic E-state index is 0.208. The Bertz CT molecular complexity index is 1460. The monoisotopic (exact) mass is 686 g/mol. The highest BCUT2D eigenvalue weighted by atomic mass is 33.1. The minimum Gasteiger partial charge on any atom is -0.492 e. The molecule has 0 aromatic heterocycles. The lowest BCUT2D eigenvalue weighted by molar-refractivity contribution is 0.101. The summed E-state index contributed by atoms with van der Waals surface area (Å²) in [5, 5.41) is 6.00. The maximum Gasteiger partial charge on any atom is 0.256 e. The van der Waals surface area contributed by atoms with Gasteiger partial charge in [0.2, 0.25) is 0 Å². The van der Waals surface area contributed by atoms with Gasteiger partial charge in [-0.15, -0.1) is 0 Å². The van der Waals surface area contributed by atoms with Crippen molar-refractivity contribution in [3.05, 3.63) is 108 Å². The van der Waals surface area contributed by atoms with Crippen molar-refractivity contribution in [3.63, 3.8) is 0 Å². The second-order valence-corrected chi connectivity index (χ2v) is 13.1. The lowest BCUT2D eigenvalue weighted by Gasteiger charge is -2.18. The number of nitrogens with zero attached hydrogens (tertiary/aromatic N) is 2. The molecule has 0 fully saturated rings. The molecule has 0 aliphatic carbocycles. The Kier molecular flexibility index (Phi) is 15.2. The Labute approximate surface area is 293 Å². The summed E-state index contributed by atoms with van der Waals surface area (Å²) in [5.74, 6) is 1.12. The molecular formula is C38H46N4O4S2. The van der Waals surface area contributed by atoms with Gasteiger partial charge >= 0.3 is 0 Å². The van der Waals surface area contributed by atoms with Crippen molar-refractivity contribution in [2.75, 3.05) is 63.1 Å². The lowest BCUT2D eigenvalue weighted by atomic mass is 10.2. The topological polar surface area (TPSA) is 83.1 Å². The molecule has 8 nitrogen and oxygen atoms in total. The second kappa shape index (κ2) is 19.8. The van der Waals surface area contributed by atoms with Gasteiger partial charge in [0.25, 0.3) is 11.8 Å². The van der Waals surface area contributed by atoms with E-state index < -0.39 is 0 Å². The first-order chi connectivity index (χ1) is 23.4. The summed E-state index contributed by atoms with van der Waals surface area (Å²) in [7, 11) is 2.88. The summed E-state index contributed by atoms with van der Waals surface area (Å²) in [6.45, 7) is 15.5. The number of rotatable bonds is 19. The second-order valence-electron chi connectivity index (χ2n) is 10.9. The molecule has 0 bridgehead atoms. The number of hydrogen-bond donors (Lipinski definition) is 2. The van der Waals surface area contributed by atoms with Crippen molar-refractivity contribution in [1.82, 2.24) is 9.80 Å². The number of anilines is 2. The van der Waals surface area contributed by atoms with Crippen LogP contribution in [-0.4, -0.2) is 74.1 Å². The van der Waals surface area contributed by atoms with E-state index in [1.807, 2.05) is 84.9 Å². The van der Waals surface area contributed by atoms with E-state index in [0.29, 0.717) is 35.7 Å². The van der Waals surface area contributed by atoms with Gasteiger partial charge in [0.15, 0.2) is 0 Å². The summed E-state index contributed by atoms with van der Waals surface area (Å²) in [6, 6.07) is 29.8. The number of benzene rings is 4. The summed E-state index contributed by atoms with van der Waals surface area (Å²) < 4.78 is 11.7. The summed E-state index contributed by atoms with van der Waals surface area (Å²) >= 11 is 0. The predicted molar refractivity (Wildman–Crippen MR) is 200 cm³/mol. The normalized spacial score (nSPS) is 11.0. The van der Waals surface area contributed by atoms with Gasteiger partial charge in [0, 0.05) is 34.3 Å². The third kappa shape index (κ3) is 11.3. The molecule has 2 amide bonds. The summed E-state index contributed by atoms with van der Waals surface area (Å²) in [5.41, 5.74) is 2.47. The van der Waals surface area contributed by atoms with Crippen molar-refractivity contribution in [2.45, 2.75) is 37.5 Å². The molecule has 0 unspecified atom stereocenters. The molecule has 48 heavy (non-hydrogen) atoms. The van der Waals surface area contributed by atoms with Crippen LogP contribution in [0.25, 0.3) is 0 Å². The molecule has 0 aliphatic heterocycles. The Balaban J connectivity index is 1.32. The van der Waals surface area contributed by atoms with Crippen LogP contribution in [0.2, 0.25) is 0 Å². The molecule has 0 aliphatic rings. The van der Waals surface area contributed by atoms with E-state index in [-0.39, 0.29) is 11.8 Å². The number of ether oxygens (including phenoxy) is 2. The Morgan fingerprint density at radius 3 is 1.25 bits per heavy atom. The molecule has 4 aromatic rings. The standard InChI is InChI=1S/C38H46N4O4S2/c1-5-41(6-2)25-27-45-31-21-17-29(18-22-31)39-37(43)33-13-9-11-15-35(33)47-48-36-16-12-10-14-34(36)38(44)40-30-19-23-32(24-20-30)46-28-26-42(7-3)8-4/h9-24H,5-8,25-28H2,1-4H3,(H,39,43)(H,40,44). The van der Waals surface area contributed by atoms with E-state index in [1.54, 1.807) is 12.1 Å². The molecule has 0 atom stereocenters. The van der Waals surface area contributed by atoms with Gasteiger partial charge in [0.05, 0.1) is 11.1 Å². The molecule has 10 heteroatoms. The van der Waals surface area contributed by atoms with Crippen molar-refractivity contribution in [1.29, 1.82) is 0 Å². The molecule has 4 rings (SSSR count). The largest absolute Gasteiger partial charge is 0.492 e. The Morgan fingerprint density at radius 2 is 0.896 bits per heavy atom. The first-order valence-corrected chi connectivity index (χ1v) is 18.6. The van der Waals surface area contributed by atoms with E-state index in [4.69, 9.17) is 9.47 Å². The van der Waals surface area contributed by atoms with E-state index in [9.17, 15) is 9.59 Å². The third-order valence-electron chi connectivity index (χ3n) is 7.85. The van der Waals surface area contributed by atoms with Crippen molar-refractivity contribution in [2.24, 2.45) is 0 Å². The third-order valence-corrected chi connectivity index (χ3v) is 10.3. The fourth-order valence-electron chi connectivity index (χ4n) is 4.87. The number of likely N-dealkylation sites (N-methyl/N-ethyl adjacent to an activating group) is 2. The van der Waals surface area contributed by atoms with Crippen LogP contribution in [0.4, 0.5) is 11.4 Å². The maximum absolute atomic E-state index is 13.3. The van der Waals surface area contributed by atoms with Gasteiger partial charge in [-0.05, 0) is 99.0 Å². The SMILES string of the molecule is CCN(CC)CCOc1ccc(NC(=O)c2ccccc2SSc2ccccc2C(=O)Nc2ccc(OCCN(CC)CC)cc2)cc1. The van der Waals surface area contributed by atoms with Crippen LogP contribution in [0.15, 0.2) is 107 Å². The minimum atomic E-state index is -0.208. The van der Waals surface area contributed by atoms with E-state index in [2.05, 4.69) is 48.1 Å². The highest BCUT2D eigenvalue weighted by molar-refractivity contribution is 8.76. The van der Waals surface area contributed by atoms with Gasteiger partial charge in [-0.3, -0.25) is 9.59 Å². The van der Waals surface area contributed by atoms with Crippen molar-refractivity contribution >= 4 is 44.8 Å². The number of nitrogens with one attached hydrogen (secondary N) is 2. The quantitative estimate of drug-likeness (QED) is 0.0952. The highest BCUT2D eigenvalue weighted by Crippen LogP contribution is 2.41. The average molecular weight is 687 g/mol. The van der Waals surface area contributed by atoms with Gasteiger partial charge in [-0.25, -0.2) is 0 Å². The molecule has 254 valence electrons. The molecule has 4 aromatic carbocycles. The summed E-state index contributed by atoms with van der Waals surface area (Å²) in [6.07, 6.45) is 0. The smallest absolute Gasteiger partial charge is 0.256 e. The van der Waals surface area contributed by atoms with Crippen LogP contribution >= 0.6 is 21.6 Å². The number of amides is 2. The fraction of sp³-hybridized carbons (Fsp3) is 0.316. The first-order valence-electron chi connectivity index (χ1n) is 16.5. The van der Waals surface area contributed by atoms with Crippen LogP contribution in [0, 0.1) is 0 Å². The number of hydrogen-bond acceptors (Lipinski definition) is 8. The lowest BCUT2D eigenvalue weighted by Crippen LogP contribution is -2.27. The zero-order valence-corrected chi connectivity index (χ0v) is 29.9. The molecule has 0 heterocycles. The zero-order valence-electron chi connectivity index (χ0n) is 28.2. The first kappa shape index (κ1) is 36.9. The number of carbonyl (C=O) groups is 2. The zero-order chi connectivity index (χ0) is 34.1. The van der Waals surface area contributed by atoms with Crippen LogP contribution < -0.4 is 20.1 Å². The van der Waals surface area contributed by atoms with Crippen LogP contribution in [-0.2, 0) is 0 Å². The highest BCUT2D eigenvalue weighted by Gasteiger charge is 2.16. The van der Waals surface area contributed by atoms with E-state index in [1.165, 1.54) is 21.6 Å².